The first-order valence-electron chi connectivity index (χ1n) is 9.11. The largest absolute Gasteiger partial charge is 0.491 e. The van der Waals surface area contributed by atoms with Crippen LogP contribution in [0.2, 0.25) is 0 Å². The van der Waals surface area contributed by atoms with Crippen molar-refractivity contribution in [3.63, 3.8) is 0 Å². The smallest absolute Gasteiger partial charge is 0.139 e. The molecule has 1 saturated heterocycles. The molecule has 8 nitrogen and oxygen atoms in total. The van der Waals surface area contributed by atoms with Crippen LogP contribution in [-0.2, 0) is 11.3 Å². The summed E-state index contributed by atoms with van der Waals surface area (Å²) in [5.74, 6) is 1.31. The summed E-state index contributed by atoms with van der Waals surface area (Å²) < 4.78 is 12.3. The molecule has 0 spiro atoms. The van der Waals surface area contributed by atoms with Crippen LogP contribution in [0.4, 0.5) is 11.5 Å². The third kappa shape index (κ3) is 4.90. The molecule has 0 saturated carbocycles. The number of nitriles is 1. The molecule has 0 atom stereocenters. The first-order chi connectivity index (χ1) is 13.2. The summed E-state index contributed by atoms with van der Waals surface area (Å²) >= 11 is 0. The maximum absolute atomic E-state index is 8.94. The number of hydrogen-bond acceptors (Lipinski definition) is 7. The van der Waals surface area contributed by atoms with Crippen molar-refractivity contribution in [2.75, 3.05) is 63.7 Å². The van der Waals surface area contributed by atoms with Gasteiger partial charge in [0, 0.05) is 45.5 Å². The number of nitrogen functional groups attached to an aromatic ring is 1. The topological polar surface area (TPSA) is 92.6 Å². The number of aromatic nitrogens is 2. The molecule has 1 aromatic carbocycles. The van der Waals surface area contributed by atoms with Crippen molar-refractivity contribution < 1.29 is 9.47 Å². The van der Waals surface area contributed by atoms with Gasteiger partial charge < -0.3 is 20.1 Å². The normalized spacial score (nSPS) is 14.9. The number of hydrogen-bond donors (Lipinski definition) is 1. The number of ether oxygens (including phenoxy) is 2. The van der Waals surface area contributed by atoms with E-state index in [0.29, 0.717) is 31.1 Å². The second-order valence-electron chi connectivity index (χ2n) is 6.44. The molecule has 2 heterocycles. The fourth-order valence-corrected chi connectivity index (χ4v) is 3.12. The molecule has 0 aliphatic carbocycles. The van der Waals surface area contributed by atoms with Crippen molar-refractivity contribution in [3.8, 4) is 11.8 Å². The van der Waals surface area contributed by atoms with Crippen LogP contribution in [0.5, 0.6) is 5.75 Å². The average Bonchev–Trinajstić information content (AvgIpc) is 3.07. The molecular formula is C19H26N6O2. The van der Waals surface area contributed by atoms with E-state index >= 15 is 0 Å². The van der Waals surface area contributed by atoms with E-state index in [1.165, 1.54) is 11.9 Å². The summed E-state index contributed by atoms with van der Waals surface area (Å²) in [6, 6.07) is 10.3. The number of benzene rings is 1. The Labute approximate surface area is 159 Å². The molecule has 27 heavy (non-hydrogen) atoms. The molecule has 0 bridgehead atoms. The number of methoxy groups -OCH3 is 1. The number of rotatable bonds is 8. The van der Waals surface area contributed by atoms with E-state index in [-0.39, 0.29) is 0 Å². The van der Waals surface area contributed by atoms with Crippen LogP contribution < -0.4 is 15.4 Å². The van der Waals surface area contributed by atoms with Gasteiger partial charge in [0.25, 0.3) is 0 Å². The van der Waals surface area contributed by atoms with Gasteiger partial charge >= 0.3 is 0 Å². The van der Waals surface area contributed by atoms with Gasteiger partial charge in [0.1, 0.15) is 29.8 Å². The van der Waals surface area contributed by atoms with Crippen molar-refractivity contribution in [1.82, 2.24) is 14.7 Å². The van der Waals surface area contributed by atoms with Crippen molar-refractivity contribution in [2.24, 2.45) is 0 Å². The van der Waals surface area contributed by atoms with E-state index in [0.717, 1.165) is 38.5 Å². The van der Waals surface area contributed by atoms with Crippen molar-refractivity contribution in [3.05, 3.63) is 36.0 Å². The highest BCUT2D eigenvalue weighted by molar-refractivity contribution is 5.49. The van der Waals surface area contributed by atoms with Crippen LogP contribution in [0.15, 0.2) is 30.5 Å². The van der Waals surface area contributed by atoms with Crippen molar-refractivity contribution in [2.45, 2.75) is 6.54 Å². The van der Waals surface area contributed by atoms with Gasteiger partial charge in [-0.3, -0.25) is 4.90 Å². The van der Waals surface area contributed by atoms with E-state index in [9.17, 15) is 0 Å². The summed E-state index contributed by atoms with van der Waals surface area (Å²) in [6.07, 6.45) is 1.52. The SMILES string of the molecule is COCCOc1ccc(N2CCN(CCn3ncc(C#N)c3N)CC2)cc1. The van der Waals surface area contributed by atoms with Crippen LogP contribution in [0, 0.1) is 11.3 Å². The van der Waals surface area contributed by atoms with Crippen LogP contribution in [0.25, 0.3) is 0 Å². The molecule has 1 fully saturated rings. The quantitative estimate of drug-likeness (QED) is 0.698. The monoisotopic (exact) mass is 370 g/mol. The highest BCUT2D eigenvalue weighted by atomic mass is 16.5. The van der Waals surface area contributed by atoms with Gasteiger partial charge in [0.15, 0.2) is 0 Å². The van der Waals surface area contributed by atoms with E-state index in [4.69, 9.17) is 20.5 Å². The lowest BCUT2D eigenvalue weighted by Gasteiger charge is -2.36. The molecule has 8 heteroatoms. The highest BCUT2D eigenvalue weighted by Crippen LogP contribution is 2.21. The molecule has 2 N–H and O–H groups in total. The van der Waals surface area contributed by atoms with Gasteiger partial charge in [0.2, 0.25) is 0 Å². The zero-order chi connectivity index (χ0) is 19.1. The fourth-order valence-electron chi connectivity index (χ4n) is 3.12. The number of nitrogens with zero attached hydrogens (tertiary/aromatic N) is 5. The van der Waals surface area contributed by atoms with Crippen LogP contribution in [0.3, 0.4) is 0 Å². The minimum atomic E-state index is 0.439. The van der Waals surface area contributed by atoms with Crippen molar-refractivity contribution in [1.29, 1.82) is 5.26 Å². The maximum Gasteiger partial charge on any atom is 0.139 e. The van der Waals surface area contributed by atoms with Gasteiger partial charge in [0.05, 0.1) is 19.3 Å². The molecule has 1 aromatic heterocycles. The van der Waals surface area contributed by atoms with E-state index in [2.05, 4.69) is 33.1 Å². The zero-order valence-electron chi connectivity index (χ0n) is 15.7. The summed E-state index contributed by atoms with van der Waals surface area (Å²) in [6.45, 7) is 6.63. The predicted molar refractivity (Wildman–Crippen MR) is 104 cm³/mol. The van der Waals surface area contributed by atoms with Gasteiger partial charge in [-0.1, -0.05) is 0 Å². The Morgan fingerprint density at radius 3 is 2.48 bits per heavy atom. The Kier molecular flexibility index (Phi) is 6.52. The summed E-state index contributed by atoms with van der Waals surface area (Å²) in [5, 5.41) is 13.1. The maximum atomic E-state index is 8.94. The Morgan fingerprint density at radius 2 is 1.85 bits per heavy atom. The molecule has 0 amide bonds. The number of anilines is 2. The first-order valence-corrected chi connectivity index (χ1v) is 9.11. The second kappa shape index (κ2) is 9.26. The Morgan fingerprint density at radius 1 is 1.11 bits per heavy atom. The zero-order valence-corrected chi connectivity index (χ0v) is 15.7. The average molecular weight is 370 g/mol. The summed E-state index contributed by atoms with van der Waals surface area (Å²) in [5.41, 5.74) is 7.56. The molecule has 0 radical (unpaired) electrons. The summed E-state index contributed by atoms with van der Waals surface area (Å²) in [4.78, 5) is 4.78. The first kappa shape index (κ1) is 19.0. The Bertz CT molecular complexity index is 759. The molecule has 1 aliphatic heterocycles. The van der Waals surface area contributed by atoms with E-state index in [1.807, 2.05) is 12.1 Å². The number of piperazine rings is 1. The van der Waals surface area contributed by atoms with Gasteiger partial charge in [-0.15, -0.1) is 0 Å². The minimum absolute atomic E-state index is 0.439. The molecular weight excluding hydrogens is 344 g/mol. The lowest BCUT2D eigenvalue weighted by atomic mass is 10.2. The third-order valence-electron chi connectivity index (χ3n) is 4.76. The Hall–Kier alpha value is -2.76. The van der Waals surface area contributed by atoms with E-state index < -0.39 is 0 Å². The van der Waals surface area contributed by atoms with Crippen LogP contribution >= 0.6 is 0 Å². The van der Waals surface area contributed by atoms with Crippen LogP contribution in [-0.4, -0.2) is 67.7 Å². The lowest BCUT2D eigenvalue weighted by molar-refractivity contribution is 0.146. The van der Waals surface area contributed by atoms with Crippen molar-refractivity contribution >= 4 is 11.5 Å². The fraction of sp³-hybridized carbons (Fsp3) is 0.474. The minimum Gasteiger partial charge on any atom is -0.491 e. The third-order valence-corrected chi connectivity index (χ3v) is 4.76. The molecule has 0 unspecified atom stereocenters. The van der Waals surface area contributed by atoms with Gasteiger partial charge in [-0.05, 0) is 24.3 Å². The molecule has 2 aromatic rings. The predicted octanol–water partition coefficient (Wildman–Crippen LogP) is 1.18. The highest BCUT2D eigenvalue weighted by Gasteiger charge is 2.17. The summed E-state index contributed by atoms with van der Waals surface area (Å²) in [7, 11) is 1.67. The number of nitrogens with two attached hydrogens (primary N) is 1. The van der Waals surface area contributed by atoms with Gasteiger partial charge in [-0.25, -0.2) is 4.68 Å². The lowest BCUT2D eigenvalue weighted by Crippen LogP contribution is -2.47. The molecule has 3 rings (SSSR count). The van der Waals surface area contributed by atoms with Crippen LogP contribution in [0.1, 0.15) is 5.56 Å². The standard InChI is InChI=1S/C19H26N6O2/c1-26-12-13-27-18-4-2-17(3-5-18)24-9-6-23(7-10-24)8-11-25-19(21)16(14-20)15-22-25/h2-5,15H,6-13,21H2,1H3. The van der Waals surface area contributed by atoms with E-state index in [1.54, 1.807) is 11.8 Å². The Balaban J connectivity index is 1.44. The van der Waals surface area contributed by atoms with Gasteiger partial charge in [-0.2, -0.15) is 10.4 Å². The second-order valence-corrected chi connectivity index (χ2v) is 6.44. The molecule has 144 valence electrons. The molecule has 1 aliphatic rings.